The molecule has 1 heterocycles. The first-order valence-electron chi connectivity index (χ1n) is 7.36. The lowest BCUT2D eigenvalue weighted by atomic mass is 10.1. The summed E-state index contributed by atoms with van der Waals surface area (Å²) in [6.07, 6.45) is 5.88. The van der Waals surface area contributed by atoms with E-state index in [1.54, 1.807) is 0 Å². The highest BCUT2D eigenvalue weighted by atomic mass is 15.1. The molecule has 0 bridgehead atoms. The number of hydrogen-bond donors (Lipinski definition) is 0. The van der Waals surface area contributed by atoms with Crippen molar-refractivity contribution in [1.82, 2.24) is 0 Å². The SMILES string of the molecule is C(=Nc1ccccc1N1CCCCC1)c1ccccc1. The third-order valence-electron chi connectivity index (χ3n) is 3.73. The fraction of sp³-hybridized carbons (Fsp3) is 0.278. The molecule has 0 saturated carbocycles. The predicted octanol–water partition coefficient (Wildman–Crippen LogP) is 4.43. The Labute approximate surface area is 120 Å². The van der Waals surface area contributed by atoms with Crippen LogP contribution in [0, 0.1) is 0 Å². The Bertz CT molecular complexity index is 569. The van der Waals surface area contributed by atoms with Gasteiger partial charge in [-0.1, -0.05) is 42.5 Å². The van der Waals surface area contributed by atoms with Crippen LogP contribution in [0.25, 0.3) is 0 Å². The topological polar surface area (TPSA) is 15.6 Å². The second kappa shape index (κ2) is 6.38. The highest BCUT2D eigenvalue weighted by Gasteiger charge is 2.13. The van der Waals surface area contributed by atoms with Crippen LogP contribution in [0.5, 0.6) is 0 Å². The Balaban J connectivity index is 1.84. The van der Waals surface area contributed by atoms with Crippen molar-refractivity contribution in [3.8, 4) is 0 Å². The lowest BCUT2D eigenvalue weighted by Crippen LogP contribution is -2.29. The quantitative estimate of drug-likeness (QED) is 0.749. The van der Waals surface area contributed by atoms with Crippen LogP contribution in [-0.2, 0) is 0 Å². The van der Waals surface area contributed by atoms with Crippen LogP contribution in [0.15, 0.2) is 59.6 Å². The highest BCUT2D eigenvalue weighted by molar-refractivity contribution is 5.84. The molecule has 0 amide bonds. The maximum atomic E-state index is 4.68. The summed E-state index contributed by atoms with van der Waals surface area (Å²) in [4.78, 5) is 7.14. The van der Waals surface area contributed by atoms with Gasteiger partial charge in [0.15, 0.2) is 0 Å². The average molecular weight is 264 g/mol. The summed E-state index contributed by atoms with van der Waals surface area (Å²) < 4.78 is 0. The highest BCUT2D eigenvalue weighted by Crippen LogP contribution is 2.30. The predicted molar refractivity (Wildman–Crippen MR) is 86.2 cm³/mol. The molecule has 0 atom stereocenters. The van der Waals surface area contributed by atoms with E-state index in [9.17, 15) is 0 Å². The summed E-state index contributed by atoms with van der Waals surface area (Å²) in [5.41, 5.74) is 3.47. The zero-order valence-corrected chi connectivity index (χ0v) is 11.7. The molecule has 2 heteroatoms. The van der Waals surface area contributed by atoms with Gasteiger partial charge < -0.3 is 4.90 Å². The van der Waals surface area contributed by atoms with E-state index in [4.69, 9.17) is 0 Å². The number of benzene rings is 2. The number of hydrogen-bond acceptors (Lipinski definition) is 2. The maximum Gasteiger partial charge on any atom is 0.0863 e. The van der Waals surface area contributed by atoms with E-state index >= 15 is 0 Å². The van der Waals surface area contributed by atoms with Crippen molar-refractivity contribution >= 4 is 17.6 Å². The molecule has 2 nitrogen and oxygen atoms in total. The Hall–Kier alpha value is -2.09. The molecule has 0 unspecified atom stereocenters. The molecule has 1 fully saturated rings. The first-order chi connectivity index (χ1) is 9.93. The van der Waals surface area contributed by atoms with Crippen LogP contribution >= 0.6 is 0 Å². The van der Waals surface area contributed by atoms with Gasteiger partial charge in [0, 0.05) is 19.3 Å². The lowest BCUT2D eigenvalue weighted by molar-refractivity contribution is 0.578. The molecule has 0 aliphatic carbocycles. The van der Waals surface area contributed by atoms with E-state index in [1.807, 2.05) is 24.4 Å². The largest absolute Gasteiger partial charge is 0.370 e. The van der Waals surface area contributed by atoms with E-state index in [0.717, 1.165) is 24.3 Å². The smallest absolute Gasteiger partial charge is 0.0863 e. The molecule has 0 aromatic heterocycles. The minimum Gasteiger partial charge on any atom is -0.370 e. The zero-order valence-electron chi connectivity index (χ0n) is 11.7. The van der Waals surface area contributed by atoms with Crippen LogP contribution in [0.3, 0.4) is 0 Å². The van der Waals surface area contributed by atoms with Crippen molar-refractivity contribution < 1.29 is 0 Å². The monoisotopic (exact) mass is 264 g/mol. The number of para-hydroxylation sites is 2. The number of aliphatic imine (C=N–C) groups is 1. The summed E-state index contributed by atoms with van der Waals surface area (Å²) in [6.45, 7) is 2.30. The van der Waals surface area contributed by atoms with E-state index < -0.39 is 0 Å². The lowest BCUT2D eigenvalue weighted by Gasteiger charge is -2.29. The van der Waals surface area contributed by atoms with Gasteiger partial charge in [-0.05, 0) is 37.0 Å². The molecule has 0 spiro atoms. The molecule has 102 valence electrons. The Morgan fingerprint density at radius 3 is 2.30 bits per heavy atom. The average Bonchev–Trinajstić information content (AvgIpc) is 2.55. The van der Waals surface area contributed by atoms with E-state index in [-0.39, 0.29) is 0 Å². The number of piperidine rings is 1. The van der Waals surface area contributed by atoms with Crippen molar-refractivity contribution in [2.75, 3.05) is 18.0 Å². The molecule has 2 aromatic rings. The standard InChI is InChI=1S/C18H20N2/c1-3-9-16(10-4-1)15-19-17-11-5-6-12-18(17)20-13-7-2-8-14-20/h1,3-6,9-12,15H,2,7-8,13-14H2. The van der Waals surface area contributed by atoms with Crippen molar-refractivity contribution in [3.63, 3.8) is 0 Å². The van der Waals surface area contributed by atoms with Gasteiger partial charge in [0.25, 0.3) is 0 Å². The van der Waals surface area contributed by atoms with Crippen LogP contribution in [0.1, 0.15) is 24.8 Å². The fourth-order valence-corrected chi connectivity index (χ4v) is 2.66. The number of anilines is 1. The van der Waals surface area contributed by atoms with E-state index in [2.05, 4.69) is 46.3 Å². The second-order valence-electron chi connectivity index (χ2n) is 5.21. The van der Waals surface area contributed by atoms with Gasteiger partial charge in [0.2, 0.25) is 0 Å². The Morgan fingerprint density at radius 1 is 0.800 bits per heavy atom. The molecule has 1 aliphatic heterocycles. The number of nitrogens with zero attached hydrogens (tertiary/aromatic N) is 2. The third-order valence-corrected chi connectivity index (χ3v) is 3.73. The number of rotatable bonds is 3. The first kappa shape index (κ1) is 12.9. The van der Waals surface area contributed by atoms with Crippen LogP contribution in [0.2, 0.25) is 0 Å². The van der Waals surface area contributed by atoms with E-state index in [0.29, 0.717) is 0 Å². The van der Waals surface area contributed by atoms with Crippen molar-refractivity contribution in [2.24, 2.45) is 4.99 Å². The van der Waals surface area contributed by atoms with Crippen LogP contribution in [-0.4, -0.2) is 19.3 Å². The van der Waals surface area contributed by atoms with Gasteiger partial charge in [0.1, 0.15) is 0 Å². The second-order valence-corrected chi connectivity index (χ2v) is 5.21. The van der Waals surface area contributed by atoms with Gasteiger partial charge in [-0.3, -0.25) is 4.99 Å². The van der Waals surface area contributed by atoms with Crippen molar-refractivity contribution in [1.29, 1.82) is 0 Å². The summed E-state index contributed by atoms with van der Waals surface area (Å²) in [7, 11) is 0. The zero-order chi connectivity index (χ0) is 13.6. The molecule has 2 aromatic carbocycles. The third kappa shape index (κ3) is 3.08. The minimum atomic E-state index is 1.07. The fourth-order valence-electron chi connectivity index (χ4n) is 2.66. The molecular formula is C18H20N2. The maximum absolute atomic E-state index is 4.68. The van der Waals surface area contributed by atoms with E-state index in [1.165, 1.54) is 24.9 Å². The molecule has 3 rings (SSSR count). The van der Waals surface area contributed by atoms with Gasteiger partial charge in [-0.15, -0.1) is 0 Å². The van der Waals surface area contributed by atoms with Gasteiger partial charge in [-0.2, -0.15) is 0 Å². The minimum absolute atomic E-state index is 1.07. The summed E-state index contributed by atoms with van der Waals surface area (Å²) in [5.74, 6) is 0. The van der Waals surface area contributed by atoms with Gasteiger partial charge >= 0.3 is 0 Å². The first-order valence-corrected chi connectivity index (χ1v) is 7.36. The van der Waals surface area contributed by atoms with Crippen LogP contribution in [0.4, 0.5) is 11.4 Å². The molecule has 0 radical (unpaired) electrons. The summed E-state index contributed by atoms with van der Waals surface area (Å²) >= 11 is 0. The van der Waals surface area contributed by atoms with Crippen molar-refractivity contribution in [3.05, 3.63) is 60.2 Å². The molecule has 1 saturated heterocycles. The summed E-state index contributed by atoms with van der Waals surface area (Å²) in [6, 6.07) is 18.7. The Kier molecular flexibility index (Phi) is 4.12. The van der Waals surface area contributed by atoms with Gasteiger partial charge in [-0.25, -0.2) is 0 Å². The molecule has 20 heavy (non-hydrogen) atoms. The Morgan fingerprint density at radius 2 is 1.50 bits per heavy atom. The van der Waals surface area contributed by atoms with Gasteiger partial charge in [0.05, 0.1) is 11.4 Å². The molecule has 0 N–H and O–H groups in total. The van der Waals surface area contributed by atoms with Crippen LogP contribution < -0.4 is 4.90 Å². The van der Waals surface area contributed by atoms with Crippen molar-refractivity contribution in [2.45, 2.75) is 19.3 Å². The normalized spacial score (nSPS) is 15.7. The molecular weight excluding hydrogens is 244 g/mol. The summed E-state index contributed by atoms with van der Waals surface area (Å²) in [5, 5.41) is 0. The molecule has 1 aliphatic rings.